The molecule has 0 aromatic carbocycles. The van der Waals surface area contributed by atoms with Crippen LogP contribution < -0.4 is 10.2 Å². The van der Waals surface area contributed by atoms with Crippen LogP contribution in [0.3, 0.4) is 0 Å². The predicted molar refractivity (Wildman–Crippen MR) is 65.9 cm³/mol. The van der Waals surface area contributed by atoms with Gasteiger partial charge in [0.1, 0.15) is 0 Å². The molecule has 1 fully saturated rings. The molecule has 84 valence electrons. The van der Waals surface area contributed by atoms with Crippen molar-refractivity contribution in [1.29, 1.82) is 5.41 Å². The van der Waals surface area contributed by atoms with Gasteiger partial charge in [-0.3, -0.25) is 20.1 Å². The Hall–Kier alpha value is -1.37. The Labute approximate surface area is 98.8 Å². The molecule has 0 bridgehead atoms. The van der Waals surface area contributed by atoms with Crippen LogP contribution in [-0.4, -0.2) is 36.6 Å². The van der Waals surface area contributed by atoms with Crippen molar-refractivity contribution < 1.29 is 4.79 Å². The molecule has 1 aromatic heterocycles. The van der Waals surface area contributed by atoms with Crippen LogP contribution in [0.5, 0.6) is 0 Å². The molecule has 0 aliphatic carbocycles. The highest BCUT2D eigenvalue weighted by Crippen LogP contribution is 2.30. The molecule has 16 heavy (non-hydrogen) atoms. The number of amides is 1. The number of aromatic nitrogens is 1. The third-order valence-corrected chi connectivity index (χ3v) is 3.95. The van der Waals surface area contributed by atoms with Crippen LogP contribution in [0.2, 0.25) is 0 Å². The Kier molecular flexibility index (Phi) is 2.50. The number of carbonyl (C=O) groups is 1. The summed E-state index contributed by atoms with van der Waals surface area (Å²) in [6.07, 6.45) is 2.13. The fourth-order valence-corrected chi connectivity index (χ4v) is 2.58. The summed E-state index contributed by atoms with van der Waals surface area (Å²) in [6, 6.07) is 0. The third kappa shape index (κ3) is 1.71. The molecular formula is C9H13BN4OS. The largest absolute Gasteiger partial charge is 0.345 e. The molecule has 1 atom stereocenters. The predicted octanol–water partition coefficient (Wildman–Crippen LogP) is -0.997. The van der Waals surface area contributed by atoms with Crippen LogP contribution in [0.25, 0.3) is 0 Å². The average molecular weight is 236 g/mol. The van der Waals surface area contributed by atoms with Gasteiger partial charge in [-0.15, -0.1) is 11.3 Å². The van der Waals surface area contributed by atoms with Crippen molar-refractivity contribution >= 4 is 36.0 Å². The molecule has 5 nitrogen and oxygen atoms in total. The Bertz CT molecular complexity index is 440. The van der Waals surface area contributed by atoms with E-state index in [9.17, 15) is 4.79 Å². The summed E-state index contributed by atoms with van der Waals surface area (Å²) < 4.78 is 0. The van der Waals surface area contributed by atoms with E-state index in [0.29, 0.717) is 6.42 Å². The SMILES string of the molecule is Bc1ncc([C@]2(C)CC(=O)N(C)C(=N)N2)s1. The van der Waals surface area contributed by atoms with Crippen LogP contribution in [0.4, 0.5) is 0 Å². The topological polar surface area (TPSA) is 69.1 Å². The van der Waals surface area contributed by atoms with Crippen LogP contribution in [-0.2, 0) is 10.3 Å². The summed E-state index contributed by atoms with van der Waals surface area (Å²) in [5.41, 5.74) is -0.493. The number of guanidine groups is 1. The number of nitrogens with zero attached hydrogens (tertiary/aromatic N) is 2. The molecule has 1 aliphatic rings. The van der Waals surface area contributed by atoms with Gasteiger partial charge in [-0.2, -0.15) is 0 Å². The standard InChI is InChI=1S/C9H13BN4OS/c1-9(5-4-12-7(10)16-5)3-6(15)14(2)8(11)13-9/h4H,3,10H2,1-2H3,(H2,11,13)/t9-/m0/s1. The van der Waals surface area contributed by atoms with Crippen molar-refractivity contribution in [2.75, 3.05) is 7.05 Å². The van der Waals surface area contributed by atoms with Gasteiger partial charge in [0.05, 0.1) is 12.0 Å². The Balaban J connectivity index is 2.33. The number of carbonyl (C=O) groups excluding carboxylic acids is 1. The van der Waals surface area contributed by atoms with E-state index in [4.69, 9.17) is 5.41 Å². The Morgan fingerprint density at radius 3 is 2.94 bits per heavy atom. The molecule has 0 spiro atoms. The molecule has 7 heteroatoms. The normalized spacial score (nSPS) is 25.8. The number of hydrogen-bond acceptors (Lipinski definition) is 4. The lowest BCUT2D eigenvalue weighted by atomic mass is 9.94. The second-order valence-electron chi connectivity index (χ2n) is 4.18. The second kappa shape index (κ2) is 3.59. The zero-order valence-corrected chi connectivity index (χ0v) is 10.3. The van der Waals surface area contributed by atoms with Gasteiger partial charge in [0.2, 0.25) is 5.91 Å². The molecule has 0 saturated carbocycles. The van der Waals surface area contributed by atoms with Crippen molar-refractivity contribution in [2.24, 2.45) is 0 Å². The van der Waals surface area contributed by atoms with E-state index in [1.54, 1.807) is 24.6 Å². The van der Waals surface area contributed by atoms with Gasteiger partial charge in [0, 0.05) is 23.0 Å². The van der Waals surface area contributed by atoms with Crippen molar-refractivity contribution in [3.05, 3.63) is 11.1 Å². The maximum Gasteiger partial charge on any atom is 0.231 e. The van der Waals surface area contributed by atoms with Gasteiger partial charge in [-0.25, -0.2) is 0 Å². The summed E-state index contributed by atoms with van der Waals surface area (Å²) in [5, 5.41) is 10.8. The minimum Gasteiger partial charge on any atom is -0.345 e. The minimum absolute atomic E-state index is 0.0442. The summed E-state index contributed by atoms with van der Waals surface area (Å²) >= 11 is 1.56. The molecule has 1 amide bonds. The van der Waals surface area contributed by atoms with E-state index in [0.717, 1.165) is 9.78 Å². The van der Waals surface area contributed by atoms with Crippen molar-refractivity contribution in [2.45, 2.75) is 18.9 Å². The van der Waals surface area contributed by atoms with E-state index < -0.39 is 5.54 Å². The van der Waals surface area contributed by atoms with Crippen LogP contribution in [0.15, 0.2) is 6.20 Å². The highest BCUT2D eigenvalue weighted by atomic mass is 32.1. The van der Waals surface area contributed by atoms with Gasteiger partial charge >= 0.3 is 0 Å². The highest BCUT2D eigenvalue weighted by molar-refractivity contribution is 7.19. The smallest absolute Gasteiger partial charge is 0.231 e. The molecule has 0 unspecified atom stereocenters. The quantitative estimate of drug-likeness (QED) is 0.615. The highest BCUT2D eigenvalue weighted by Gasteiger charge is 2.38. The van der Waals surface area contributed by atoms with E-state index in [1.165, 1.54) is 4.90 Å². The lowest BCUT2D eigenvalue weighted by Crippen LogP contribution is -2.57. The Morgan fingerprint density at radius 1 is 1.75 bits per heavy atom. The molecule has 2 rings (SSSR count). The van der Waals surface area contributed by atoms with E-state index in [2.05, 4.69) is 10.3 Å². The molecule has 2 N–H and O–H groups in total. The van der Waals surface area contributed by atoms with Crippen molar-refractivity contribution in [3.8, 4) is 0 Å². The first-order chi connectivity index (χ1) is 7.42. The lowest BCUT2D eigenvalue weighted by Gasteiger charge is -2.38. The van der Waals surface area contributed by atoms with Crippen LogP contribution in [0, 0.1) is 5.41 Å². The first-order valence-corrected chi connectivity index (χ1v) is 5.80. The zero-order chi connectivity index (χ0) is 11.9. The van der Waals surface area contributed by atoms with Gasteiger partial charge in [-0.05, 0) is 6.92 Å². The van der Waals surface area contributed by atoms with Gasteiger partial charge in [0.25, 0.3) is 0 Å². The summed E-state index contributed by atoms with van der Waals surface area (Å²) in [4.78, 5) is 19.2. The summed E-state index contributed by atoms with van der Waals surface area (Å²) in [5.74, 6) is 0.0992. The fraction of sp³-hybridized carbons (Fsp3) is 0.444. The van der Waals surface area contributed by atoms with Crippen LogP contribution in [0.1, 0.15) is 18.2 Å². The second-order valence-corrected chi connectivity index (χ2v) is 5.41. The molecule has 1 saturated heterocycles. The molecule has 1 aromatic rings. The lowest BCUT2D eigenvalue weighted by molar-refractivity contribution is -0.129. The fourth-order valence-electron chi connectivity index (χ4n) is 1.70. The first-order valence-electron chi connectivity index (χ1n) is 4.98. The monoisotopic (exact) mass is 236 g/mol. The molecular weight excluding hydrogens is 223 g/mol. The third-order valence-electron chi connectivity index (χ3n) is 2.77. The maximum atomic E-state index is 11.7. The van der Waals surface area contributed by atoms with Gasteiger partial charge in [0.15, 0.2) is 13.8 Å². The van der Waals surface area contributed by atoms with E-state index >= 15 is 0 Å². The number of thiazole rings is 1. The van der Waals surface area contributed by atoms with E-state index in [1.807, 2.05) is 14.8 Å². The van der Waals surface area contributed by atoms with Gasteiger partial charge in [-0.1, -0.05) is 0 Å². The van der Waals surface area contributed by atoms with Crippen molar-refractivity contribution in [3.63, 3.8) is 0 Å². The average Bonchev–Trinajstić information content (AvgIpc) is 2.62. The van der Waals surface area contributed by atoms with E-state index in [-0.39, 0.29) is 11.9 Å². The molecule has 1 aliphatic heterocycles. The summed E-state index contributed by atoms with van der Waals surface area (Å²) in [6.45, 7) is 1.93. The van der Waals surface area contributed by atoms with Crippen molar-refractivity contribution in [1.82, 2.24) is 15.2 Å². The first kappa shape index (κ1) is 11.1. The minimum atomic E-state index is -0.493. The zero-order valence-electron chi connectivity index (χ0n) is 9.50. The number of rotatable bonds is 1. The van der Waals surface area contributed by atoms with Crippen LogP contribution >= 0.6 is 11.3 Å². The number of nitrogens with one attached hydrogen (secondary N) is 2. The Morgan fingerprint density at radius 2 is 2.44 bits per heavy atom. The maximum absolute atomic E-state index is 11.7. The molecule has 0 radical (unpaired) electrons. The molecule has 2 heterocycles. The summed E-state index contributed by atoms with van der Waals surface area (Å²) in [7, 11) is 3.54. The number of hydrogen-bond donors (Lipinski definition) is 2. The van der Waals surface area contributed by atoms with Gasteiger partial charge < -0.3 is 5.32 Å².